The van der Waals surface area contributed by atoms with Crippen LogP contribution in [0, 0.1) is 0 Å². The lowest BCUT2D eigenvalue weighted by atomic mass is 10.1. The van der Waals surface area contributed by atoms with Crippen molar-refractivity contribution in [1.29, 1.82) is 0 Å². The molecule has 5 heterocycles. The summed E-state index contributed by atoms with van der Waals surface area (Å²) >= 11 is 2.95. The Morgan fingerprint density at radius 1 is 1.14 bits per heavy atom. The van der Waals surface area contributed by atoms with Crippen LogP contribution in [0.5, 0.6) is 0 Å². The van der Waals surface area contributed by atoms with E-state index in [-0.39, 0.29) is 6.04 Å². The molecule has 2 atom stereocenters. The number of benzene rings is 1. The number of thiophene rings is 1. The summed E-state index contributed by atoms with van der Waals surface area (Å²) in [6.45, 7) is 2.85. The smallest absolute Gasteiger partial charge is 0.273 e. The number of nitrogens with zero attached hydrogens (tertiary/aromatic N) is 5. The highest BCUT2D eigenvalue weighted by molar-refractivity contribution is 7.94. The first-order chi connectivity index (χ1) is 17.5. The molecule has 0 aliphatic carbocycles. The van der Waals surface area contributed by atoms with Crippen molar-refractivity contribution in [1.82, 2.24) is 19.9 Å². The molecule has 11 heteroatoms. The van der Waals surface area contributed by atoms with E-state index >= 15 is 0 Å². The first-order valence-corrected chi connectivity index (χ1v) is 15.0. The molecule has 8 nitrogen and oxygen atoms in total. The highest BCUT2D eigenvalue weighted by atomic mass is 32.2. The molecular formula is C25H26N6O2S3. The summed E-state index contributed by atoms with van der Waals surface area (Å²) in [4.78, 5) is 17.3. The van der Waals surface area contributed by atoms with Crippen molar-refractivity contribution in [2.24, 2.45) is 0 Å². The van der Waals surface area contributed by atoms with Crippen molar-refractivity contribution in [3.8, 4) is 0 Å². The summed E-state index contributed by atoms with van der Waals surface area (Å²) in [5.74, 6) is 1.31. The third-order valence-corrected chi connectivity index (χ3v) is 11.0. The molecule has 6 rings (SSSR count). The van der Waals surface area contributed by atoms with Gasteiger partial charge in [0.05, 0.1) is 17.4 Å². The maximum Gasteiger partial charge on any atom is 0.273 e. The highest BCUT2D eigenvalue weighted by Crippen LogP contribution is 2.42. The minimum Gasteiger partial charge on any atom is -0.374 e. The number of nitrogens with one attached hydrogen (secondary N) is 1. The normalized spacial score (nSPS) is 19.8. The first-order valence-electron chi connectivity index (χ1n) is 11.8. The number of sulfonamides is 1. The van der Waals surface area contributed by atoms with Gasteiger partial charge in [-0.2, -0.15) is 0 Å². The minimum absolute atomic E-state index is 0.0294. The van der Waals surface area contributed by atoms with Gasteiger partial charge in [0.25, 0.3) is 10.0 Å². The molecule has 0 bridgehead atoms. The number of fused-ring (bicyclic) bond motifs is 1. The van der Waals surface area contributed by atoms with Gasteiger partial charge in [0.1, 0.15) is 15.0 Å². The number of hydrogen-bond donors (Lipinski definition) is 1. The standard InChI is InChI=1S/C25H26N6O2S3/c1-30(36(32,33)22-7-3-12-34-22)21-6-2-5-17-13-20(29-23(17)21)25-28-14-19(35-25)16-31-11-8-18(15-31)24-26-9-4-10-27-24/h2-7,9-10,12,14,18,20,29H,8,11,13,15-16H2,1H3. The molecule has 1 aromatic carbocycles. The van der Waals surface area contributed by atoms with Crippen molar-refractivity contribution in [2.75, 3.05) is 29.8 Å². The zero-order valence-corrected chi connectivity index (χ0v) is 22.2. The molecule has 4 aromatic rings. The number of thiazole rings is 1. The van der Waals surface area contributed by atoms with Gasteiger partial charge in [0, 0.05) is 55.9 Å². The van der Waals surface area contributed by atoms with Crippen LogP contribution >= 0.6 is 22.7 Å². The van der Waals surface area contributed by atoms with E-state index < -0.39 is 10.0 Å². The number of hydrogen-bond acceptors (Lipinski definition) is 9. The Morgan fingerprint density at radius 2 is 2.00 bits per heavy atom. The maximum atomic E-state index is 13.1. The van der Waals surface area contributed by atoms with Crippen LogP contribution in [0.15, 0.2) is 64.6 Å². The van der Waals surface area contributed by atoms with E-state index in [2.05, 4.69) is 26.3 Å². The van der Waals surface area contributed by atoms with E-state index in [0.29, 0.717) is 15.8 Å². The van der Waals surface area contributed by atoms with E-state index in [1.54, 1.807) is 35.9 Å². The average Bonchev–Trinajstić information content (AvgIpc) is 3.70. The van der Waals surface area contributed by atoms with Crippen LogP contribution in [0.3, 0.4) is 0 Å². The van der Waals surface area contributed by atoms with Crippen LogP contribution in [0.1, 0.15) is 39.7 Å². The monoisotopic (exact) mass is 538 g/mol. The van der Waals surface area contributed by atoms with Crippen LogP contribution in [0.2, 0.25) is 0 Å². The van der Waals surface area contributed by atoms with Crippen molar-refractivity contribution >= 4 is 44.1 Å². The second kappa shape index (κ2) is 9.55. The summed E-state index contributed by atoms with van der Waals surface area (Å²) in [7, 11) is -1.99. The summed E-state index contributed by atoms with van der Waals surface area (Å²) in [5.41, 5.74) is 2.63. The van der Waals surface area contributed by atoms with E-state index in [4.69, 9.17) is 4.98 Å². The molecule has 36 heavy (non-hydrogen) atoms. The Kier molecular flexibility index (Phi) is 6.24. The van der Waals surface area contributed by atoms with Crippen molar-refractivity contribution in [3.63, 3.8) is 0 Å². The Labute approximate surface area is 218 Å². The van der Waals surface area contributed by atoms with E-state index in [0.717, 1.165) is 54.6 Å². The molecule has 2 aliphatic heterocycles. The van der Waals surface area contributed by atoms with Gasteiger partial charge in [0.15, 0.2) is 0 Å². The zero-order chi connectivity index (χ0) is 24.7. The third kappa shape index (κ3) is 4.40. The van der Waals surface area contributed by atoms with E-state index in [1.807, 2.05) is 36.8 Å². The molecule has 0 amide bonds. The van der Waals surface area contributed by atoms with Crippen molar-refractivity contribution in [2.45, 2.75) is 35.6 Å². The fourth-order valence-corrected chi connectivity index (χ4v) is 8.32. The Hall–Kier alpha value is -2.86. The topological polar surface area (TPSA) is 91.3 Å². The largest absolute Gasteiger partial charge is 0.374 e. The fraction of sp³-hybridized carbons (Fsp3) is 0.320. The summed E-state index contributed by atoms with van der Waals surface area (Å²) in [5, 5.41) is 6.37. The molecule has 1 saturated heterocycles. The maximum absolute atomic E-state index is 13.1. The predicted octanol–water partition coefficient (Wildman–Crippen LogP) is 4.52. The Morgan fingerprint density at radius 3 is 2.81 bits per heavy atom. The number of likely N-dealkylation sites (tertiary alicyclic amines) is 1. The average molecular weight is 539 g/mol. The molecule has 1 N–H and O–H groups in total. The van der Waals surface area contributed by atoms with E-state index in [9.17, 15) is 8.42 Å². The van der Waals surface area contributed by atoms with Crippen LogP contribution in [0.4, 0.5) is 11.4 Å². The molecule has 2 aliphatic rings. The van der Waals surface area contributed by atoms with Crippen LogP contribution < -0.4 is 9.62 Å². The molecule has 0 saturated carbocycles. The second-order valence-corrected chi connectivity index (χ2v) is 13.4. The van der Waals surface area contributed by atoms with Gasteiger partial charge in [0.2, 0.25) is 0 Å². The van der Waals surface area contributed by atoms with Gasteiger partial charge in [-0.25, -0.2) is 23.4 Å². The van der Waals surface area contributed by atoms with Gasteiger partial charge in [-0.05, 0) is 42.1 Å². The van der Waals surface area contributed by atoms with Gasteiger partial charge in [-0.3, -0.25) is 9.21 Å². The van der Waals surface area contributed by atoms with E-state index in [1.165, 1.54) is 20.5 Å². The molecule has 1 fully saturated rings. The molecule has 0 spiro atoms. The predicted molar refractivity (Wildman–Crippen MR) is 143 cm³/mol. The number of anilines is 2. The zero-order valence-electron chi connectivity index (χ0n) is 19.7. The second-order valence-electron chi connectivity index (χ2n) is 9.11. The summed E-state index contributed by atoms with van der Waals surface area (Å²) in [6, 6.07) is 11.1. The Balaban J connectivity index is 1.15. The van der Waals surface area contributed by atoms with Crippen molar-refractivity contribution in [3.05, 3.63) is 81.6 Å². The number of aromatic nitrogens is 3. The van der Waals surface area contributed by atoms with Gasteiger partial charge < -0.3 is 5.32 Å². The SMILES string of the molecule is CN(c1cccc2c1NC(c1ncc(CN3CCC(c4ncccn4)C3)s1)C2)S(=O)(=O)c1cccs1. The van der Waals surface area contributed by atoms with Crippen LogP contribution in [-0.4, -0.2) is 48.4 Å². The quantitative estimate of drug-likeness (QED) is 0.370. The van der Waals surface area contributed by atoms with Crippen LogP contribution in [0.25, 0.3) is 0 Å². The fourth-order valence-electron chi connectivity index (χ4n) is 4.94. The minimum atomic E-state index is -3.60. The molecule has 2 unspecified atom stereocenters. The van der Waals surface area contributed by atoms with Gasteiger partial charge in [-0.15, -0.1) is 22.7 Å². The van der Waals surface area contributed by atoms with Gasteiger partial charge >= 0.3 is 0 Å². The lowest BCUT2D eigenvalue weighted by Crippen LogP contribution is -2.26. The molecular weight excluding hydrogens is 513 g/mol. The number of para-hydroxylation sites is 1. The molecule has 3 aromatic heterocycles. The third-order valence-electron chi connectivity index (χ3n) is 6.79. The Bertz CT molecular complexity index is 1460. The summed E-state index contributed by atoms with van der Waals surface area (Å²) in [6.07, 6.45) is 7.45. The van der Waals surface area contributed by atoms with Crippen LogP contribution in [-0.2, 0) is 23.0 Å². The summed E-state index contributed by atoms with van der Waals surface area (Å²) < 4.78 is 27.9. The molecule has 186 valence electrons. The van der Waals surface area contributed by atoms with Gasteiger partial charge in [-0.1, -0.05) is 18.2 Å². The lowest BCUT2D eigenvalue weighted by Gasteiger charge is -2.21. The highest BCUT2D eigenvalue weighted by Gasteiger charge is 2.32. The molecule has 0 radical (unpaired) electrons. The van der Waals surface area contributed by atoms with Crippen molar-refractivity contribution < 1.29 is 8.42 Å². The lowest BCUT2D eigenvalue weighted by molar-refractivity contribution is 0.328. The first kappa shape index (κ1) is 23.5. The number of rotatable bonds is 7.